The first-order chi connectivity index (χ1) is 8.25. The van der Waals surface area contributed by atoms with E-state index in [4.69, 9.17) is 4.74 Å². The predicted octanol–water partition coefficient (Wildman–Crippen LogP) is 3.20. The highest BCUT2D eigenvalue weighted by Gasteiger charge is 2.44. The molecule has 2 heteroatoms. The van der Waals surface area contributed by atoms with E-state index in [0.717, 1.165) is 12.0 Å². The molecule has 1 aromatic rings. The highest BCUT2D eigenvalue weighted by atomic mass is 16.5. The van der Waals surface area contributed by atoms with Crippen molar-refractivity contribution in [1.29, 1.82) is 0 Å². The molecule has 2 nitrogen and oxygen atoms in total. The summed E-state index contributed by atoms with van der Waals surface area (Å²) in [6.07, 6.45) is 3.52. The second kappa shape index (κ2) is 4.02. The van der Waals surface area contributed by atoms with Crippen molar-refractivity contribution in [3.8, 4) is 0 Å². The number of carbonyl (C=O) groups excluding carboxylic acids is 1. The Balaban J connectivity index is 1.72. The molecule has 2 saturated carbocycles. The van der Waals surface area contributed by atoms with Crippen LogP contribution in [-0.2, 0) is 4.74 Å². The summed E-state index contributed by atoms with van der Waals surface area (Å²) in [5, 5.41) is 0. The van der Waals surface area contributed by atoms with Crippen LogP contribution in [-0.4, -0.2) is 12.1 Å². The van der Waals surface area contributed by atoms with Crippen molar-refractivity contribution in [2.75, 3.05) is 0 Å². The summed E-state index contributed by atoms with van der Waals surface area (Å²) in [7, 11) is 0. The molecule has 0 heterocycles. The van der Waals surface area contributed by atoms with Crippen LogP contribution in [0.15, 0.2) is 42.5 Å². The highest BCUT2D eigenvalue weighted by Crippen LogP contribution is 2.48. The van der Waals surface area contributed by atoms with Crippen molar-refractivity contribution < 1.29 is 9.53 Å². The summed E-state index contributed by atoms with van der Waals surface area (Å²) >= 11 is 0. The van der Waals surface area contributed by atoms with Gasteiger partial charge in [-0.1, -0.05) is 24.8 Å². The second-order valence-corrected chi connectivity index (χ2v) is 5.04. The average molecular weight is 228 g/mol. The minimum atomic E-state index is -0.218. The monoisotopic (exact) mass is 228 g/mol. The van der Waals surface area contributed by atoms with Crippen molar-refractivity contribution in [1.82, 2.24) is 0 Å². The van der Waals surface area contributed by atoms with Gasteiger partial charge in [-0.25, -0.2) is 4.79 Å². The number of esters is 1. The van der Waals surface area contributed by atoms with E-state index in [9.17, 15) is 4.79 Å². The Kier molecular flexibility index (Phi) is 2.50. The normalized spacial score (nSPS) is 30.6. The molecule has 2 aliphatic carbocycles. The summed E-state index contributed by atoms with van der Waals surface area (Å²) in [6.45, 7) is 4.09. The van der Waals surface area contributed by atoms with Crippen LogP contribution in [0.25, 0.3) is 0 Å². The lowest BCUT2D eigenvalue weighted by Gasteiger charge is -2.24. The zero-order chi connectivity index (χ0) is 11.8. The van der Waals surface area contributed by atoms with Gasteiger partial charge in [0.1, 0.15) is 6.10 Å². The number of hydrogen-bond acceptors (Lipinski definition) is 2. The molecule has 2 aliphatic rings. The quantitative estimate of drug-likeness (QED) is 0.574. The Bertz CT molecular complexity index is 449. The maximum Gasteiger partial charge on any atom is 0.338 e. The van der Waals surface area contributed by atoms with Crippen molar-refractivity contribution in [2.45, 2.75) is 25.4 Å². The van der Waals surface area contributed by atoms with Crippen LogP contribution < -0.4 is 0 Å². The van der Waals surface area contributed by atoms with Crippen molar-refractivity contribution in [2.24, 2.45) is 11.8 Å². The van der Waals surface area contributed by atoms with Gasteiger partial charge in [-0.05, 0) is 42.9 Å². The Morgan fingerprint density at radius 2 is 2.00 bits per heavy atom. The van der Waals surface area contributed by atoms with Gasteiger partial charge in [0.05, 0.1) is 5.56 Å². The second-order valence-electron chi connectivity index (χ2n) is 5.04. The van der Waals surface area contributed by atoms with Crippen molar-refractivity contribution in [3.05, 3.63) is 48.0 Å². The van der Waals surface area contributed by atoms with E-state index in [1.807, 2.05) is 18.2 Å². The largest absolute Gasteiger partial charge is 0.454 e. The number of rotatable bonds is 2. The molecule has 3 unspecified atom stereocenters. The summed E-state index contributed by atoms with van der Waals surface area (Å²) in [4.78, 5) is 12.0. The van der Waals surface area contributed by atoms with Gasteiger partial charge < -0.3 is 4.74 Å². The lowest BCUT2D eigenvalue weighted by atomic mass is 9.93. The summed E-state index contributed by atoms with van der Waals surface area (Å²) in [5.74, 6) is 0.887. The SMILES string of the molecule is C=C1C2CCC(C2)C1OC(=O)c1ccccc1. The molecule has 2 fully saturated rings. The lowest BCUT2D eigenvalue weighted by Crippen LogP contribution is -2.25. The fourth-order valence-electron chi connectivity index (χ4n) is 3.09. The molecule has 2 bridgehead atoms. The number of hydrogen-bond donors (Lipinski definition) is 0. The molecule has 0 N–H and O–H groups in total. The maximum absolute atomic E-state index is 12.0. The molecule has 3 rings (SSSR count). The van der Waals surface area contributed by atoms with Crippen LogP contribution in [0.4, 0.5) is 0 Å². The van der Waals surface area contributed by atoms with Crippen LogP contribution in [0.3, 0.4) is 0 Å². The molecule has 0 saturated heterocycles. The van der Waals surface area contributed by atoms with Gasteiger partial charge in [0.2, 0.25) is 0 Å². The Labute approximate surface area is 101 Å². The molecule has 0 spiro atoms. The van der Waals surface area contributed by atoms with Gasteiger partial charge in [-0.3, -0.25) is 0 Å². The number of benzene rings is 1. The topological polar surface area (TPSA) is 26.3 Å². The third-order valence-electron chi connectivity index (χ3n) is 4.03. The molecular weight excluding hydrogens is 212 g/mol. The molecule has 88 valence electrons. The number of carbonyl (C=O) groups is 1. The van der Waals surface area contributed by atoms with Crippen LogP contribution in [0, 0.1) is 11.8 Å². The fraction of sp³-hybridized carbons (Fsp3) is 0.400. The Hall–Kier alpha value is -1.57. The first kappa shape index (κ1) is 10.6. The van der Waals surface area contributed by atoms with E-state index in [-0.39, 0.29) is 12.1 Å². The van der Waals surface area contributed by atoms with Gasteiger partial charge in [-0.2, -0.15) is 0 Å². The number of ether oxygens (including phenoxy) is 1. The molecule has 1 aromatic carbocycles. The van der Waals surface area contributed by atoms with Crippen LogP contribution >= 0.6 is 0 Å². The first-order valence-electron chi connectivity index (χ1n) is 6.20. The molecule has 3 atom stereocenters. The van der Waals surface area contributed by atoms with Gasteiger partial charge in [-0.15, -0.1) is 0 Å². The smallest absolute Gasteiger partial charge is 0.338 e. The predicted molar refractivity (Wildman–Crippen MR) is 65.6 cm³/mol. The van der Waals surface area contributed by atoms with E-state index >= 15 is 0 Å². The minimum absolute atomic E-state index is 0.0403. The van der Waals surface area contributed by atoms with Gasteiger partial charge in [0.15, 0.2) is 0 Å². The maximum atomic E-state index is 12.0. The standard InChI is InChI=1S/C15H16O2/c1-10-12-7-8-13(9-12)14(10)17-15(16)11-5-3-2-4-6-11/h2-6,12-14H,1,7-9H2. The van der Waals surface area contributed by atoms with Gasteiger partial charge in [0, 0.05) is 5.92 Å². The summed E-state index contributed by atoms with van der Waals surface area (Å²) in [5.41, 5.74) is 1.76. The first-order valence-corrected chi connectivity index (χ1v) is 6.20. The van der Waals surface area contributed by atoms with E-state index in [1.54, 1.807) is 12.1 Å². The van der Waals surface area contributed by atoms with Crippen LogP contribution in [0.5, 0.6) is 0 Å². The third-order valence-corrected chi connectivity index (χ3v) is 4.03. The van der Waals surface area contributed by atoms with Crippen LogP contribution in [0.2, 0.25) is 0 Å². The van der Waals surface area contributed by atoms with E-state index in [0.29, 0.717) is 17.4 Å². The Morgan fingerprint density at radius 1 is 1.24 bits per heavy atom. The molecule has 0 radical (unpaired) electrons. The van der Waals surface area contributed by atoms with Gasteiger partial charge in [0.25, 0.3) is 0 Å². The van der Waals surface area contributed by atoms with Crippen LogP contribution in [0.1, 0.15) is 29.6 Å². The molecule has 0 aliphatic heterocycles. The average Bonchev–Trinajstić information content (AvgIpc) is 2.94. The molecule has 0 amide bonds. The molecule has 17 heavy (non-hydrogen) atoms. The zero-order valence-electron chi connectivity index (χ0n) is 9.76. The lowest BCUT2D eigenvalue weighted by molar-refractivity contribution is 0.0274. The zero-order valence-corrected chi connectivity index (χ0v) is 9.76. The van der Waals surface area contributed by atoms with E-state index < -0.39 is 0 Å². The summed E-state index contributed by atoms with van der Waals surface area (Å²) < 4.78 is 5.61. The van der Waals surface area contributed by atoms with E-state index in [2.05, 4.69) is 6.58 Å². The molecule has 0 aromatic heterocycles. The molecular formula is C15H16O2. The van der Waals surface area contributed by atoms with Gasteiger partial charge >= 0.3 is 5.97 Å². The van der Waals surface area contributed by atoms with Crippen molar-refractivity contribution >= 4 is 5.97 Å². The van der Waals surface area contributed by atoms with Crippen molar-refractivity contribution in [3.63, 3.8) is 0 Å². The third kappa shape index (κ3) is 1.78. The highest BCUT2D eigenvalue weighted by molar-refractivity contribution is 5.89. The van der Waals surface area contributed by atoms with E-state index in [1.165, 1.54) is 12.8 Å². The fourth-order valence-corrected chi connectivity index (χ4v) is 3.09. The summed E-state index contributed by atoms with van der Waals surface area (Å²) in [6, 6.07) is 9.18. The number of fused-ring (bicyclic) bond motifs is 2. The minimum Gasteiger partial charge on any atom is -0.454 e. The Morgan fingerprint density at radius 3 is 2.65 bits per heavy atom.